The van der Waals surface area contributed by atoms with Crippen molar-refractivity contribution in [3.05, 3.63) is 89.0 Å². The molecule has 1 atom stereocenters. The standard InChI is InChI=1S/C25H28N6/c26-14-19-13-20(27)11-10-18(19)15-31(16-24-29-21-7-1-2-8-22(21)30-24)23-9-3-5-17-6-4-12-28-25(17)23/h1-2,4,6-8,10-13,23H,3,5,9,14-16,26-27H2,(H,29,30). The third-order valence-corrected chi connectivity index (χ3v) is 6.22. The monoisotopic (exact) mass is 412 g/mol. The molecule has 0 saturated carbocycles. The fourth-order valence-electron chi connectivity index (χ4n) is 4.70. The number of para-hydroxylation sites is 2. The molecule has 0 aliphatic heterocycles. The molecule has 0 amide bonds. The van der Waals surface area contributed by atoms with E-state index in [0.29, 0.717) is 13.1 Å². The number of nitrogens with zero attached hydrogens (tertiary/aromatic N) is 3. The second-order valence-electron chi connectivity index (χ2n) is 8.29. The van der Waals surface area contributed by atoms with Crippen LogP contribution in [0, 0.1) is 0 Å². The van der Waals surface area contributed by atoms with Crippen LogP contribution in [0.15, 0.2) is 60.8 Å². The Kier molecular flexibility index (Phi) is 5.40. The van der Waals surface area contributed by atoms with E-state index >= 15 is 0 Å². The zero-order chi connectivity index (χ0) is 21.2. The molecule has 158 valence electrons. The van der Waals surface area contributed by atoms with Gasteiger partial charge in [-0.3, -0.25) is 9.88 Å². The van der Waals surface area contributed by atoms with Crippen LogP contribution in [0.5, 0.6) is 0 Å². The summed E-state index contributed by atoms with van der Waals surface area (Å²) in [7, 11) is 0. The molecule has 0 spiro atoms. The van der Waals surface area contributed by atoms with Gasteiger partial charge in [0, 0.05) is 25.0 Å². The summed E-state index contributed by atoms with van der Waals surface area (Å²) in [5.74, 6) is 0.967. The average molecular weight is 413 g/mol. The maximum atomic E-state index is 6.05. The molecule has 1 aliphatic rings. The van der Waals surface area contributed by atoms with Gasteiger partial charge in [-0.1, -0.05) is 24.3 Å². The van der Waals surface area contributed by atoms with Gasteiger partial charge in [-0.25, -0.2) is 4.98 Å². The Bertz CT molecular complexity index is 1160. The molecule has 31 heavy (non-hydrogen) atoms. The average Bonchev–Trinajstić information content (AvgIpc) is 3.21. The van der Waals surface area contributed by atoms with E-state index < -0.39 is 0 Å². The number of nitrogen functional groups attached to an aromatic ring is 1. The van der Waals surface area contributed by atoms with Crippen LogP contribution in [0.4, 0.5) is 5.69 Å². The van der Waals surface area contributed by atoms with Crippen molar-refractivity contribution in [2.75, 3.05) is 5.73 Å². The number of H-pyrrole nitrogens is 1. The molecule has 1 aliphatic carbocycles. The van der Waals surface area contributed by atoms with Crippen molar-refractivity contribution in [1.82, 2.24) is 19.9 Å². The van der Waals surface area contributed by atoms with Crippen molar-refractivity contribution in [3.63, 3.8) is 0 Å². The molecule has 2 aromatic carbocycles. The lowest BCUT2D eigenvalue weighted by atomic mass is 9.90. The van der Waals surface area contributed by atoms with Gasteiger partial charge in [0.25, 0.3) is 0 Å². The highest BCUT2D eigenvalue weighted by Crippen LogP contribution is 2.35. The van der Waals surface area contributed by atoms with E-state index in [1.54, 1.807) is 0 Å². The minimum absolute atomic E-state index is 0.237. The van der Waals surface area contributed by atoms with Gasteiger partial charge in [0.2, 0.25) is 0 Å². The number of anilines is 1. The SMILES string of the molecule is NCc1cc(N)ccc1CN(Cc1nc2ccccc2[nH]1)C1CCCc2cccnc21. The van der Waals surface area contributed by atoms with Crippen molar-refractivity contribution >= 4 is 16.7 Å². The number of hydrogen-bond acceptors (Lipinski definition) is 5. The molecule has 0 radical (unpaired) electrons. The summed E-state index contributed by atoms with van der Waals surface area (Å²) in [5.41, 5.74) is 19.7. The van der Waals surface area contributed by atoms with Crippen LogP contribution < -0.4 is 11.5 Å². The lowest BCUT2D eigenvalue weighted by Crippen LogP contribution is -2.32. The van der Waals surface area contributed by atoms with Gasteiger partial charge in [-0.15, -0.1) is 0 Å². The fourth-order valence-corrected chi connectivity index (χ4v) is 4.70. The predicted molar refractivity (Wildman–Crippen MR) is 124 cm³/mol. The number of nitrogens with two attached hydrogens (primary N) is 2. The van der Waals surface area contributed by atoms with Gasteiger partial charge >= 0.3 is 0 Å². The zero-order valence-electron chi connectivity index (χ0n) is 17.6. The number of aromatic amines is 1. The van der Waals surface area contributed by atoms with Crippen LogP contribution in [0.25, 0.3) is 11.0 Å². The van der Waals surface area contributed by atoms with E-state index in [0.717, 1.165) is 53.9 Å². The number of fused-ring (bicyclic) bond motifs is 2. The molecule has 5 N–H and O–H groups in total. The zero-order valence-corrected chi connectivity index (χ0v) is 17.6. The first-order valence-corrected chi connectivity index (χ1v) is 10.9. The van der Waals surface area contributed by atoms with Crippen LogP contribution >= 0.6 is 0 Å². The van der Waals surface area contributed by atoms with Crippen LogP contribution in [0.2, 0.25) is 0 Å². The van der Waals surface area contributed by atoms with E-state index in [1.165, 1.54) is 16.8 Å². The summed E-state index contributed by atoms with van der Waals surface area (Å²) in [4.78, 5) is 15.6. The predicted octanol–water partition coefficient (Wildman–Crippen LogP) is 4.08. The number of nitrogens with one attached hydrogen (secondary N) is 1. The normalized spacial score (nSPS) is 16.0. The Morgan fingerprint density at radius 3 is 2.81 bits per heavy atom. The number of rotatable bonds is 6. The van der Waals surface area contributed by atoms with Gasteiger partial charge in [-0.05, 0) is 66.3 Å². The Morgan fingerprint density at radius 1 is 1.03 bits per heavy atom. The van der Waals surface area contributed by atoms with E-state index in [1.807, 2.05) is 42.6 Å². The van der Waals surface area contributed by atoms with Gasteiger partial charge in [0.15, 0.2) is 0 Å². The molecule has 6 heteroatoms. The second-order valence-corrected chi connectivity index (χ2v) is 8.29. The summed E-state index contributed by atoms with van der Waals surface area (Å²) in [6.45, 7) is 1.95. The number of aromatic nitrogens is 3. The van der Waals surface area contributed by atoms with E-state index in [2.05, 4.69) is 28.1 Å². The Balaban J connectivity index is 1.52. The first kappa shape index (κ1) is 19.7. The topological polar surface area (TPSA) is 96.9 Å². The van der Waals surface area contributed by atoms with Gasteiger partial charge in [-0.2, -0.15) is 0 Å². The minimum atomic E-state index is 0.237. The molecule has 5 rings (SSSR count). The number of aryl methyl sites for hydroxylation is 1. The summed E-state index contributed by atoms with van der Waals surface area (Å²) >= 11 is 0. The summed E-state index contributed by atoms with van der Waals surface area (Å²) in [5, 5.41) is 0. The largest absolute Gasteiger partial charge is 0.399 e. The van der Waals surface area contributed by atoms with Crippen molar-refractivity contribution in [1.29, 1.82) is 0 Å². The Labute approximate surface area is 182 Å². The quantitative estimate of drug-likeness (QED) is 0.415. The summed E-state index contributed by atoms with van der Waals surface area (Å²) < 4.78 is 0. The molecular weight excluding hydrogens is 384 g/mol. The first-order valence-electron chi connectivity index (χ1n) is 10.9. The molecule has 0 saturated heterocycles. The van der Waals surface area contributed by atoms with Crippen molar-refractivity contribution in [3.8, 4) is 0 Å². The molecule has 6 nitrogen and oxygen atoms in total. The van der Waals surface area contributed by atoms with Crippen LogP contribution in [-0.2, 0) is 26.1 Å². The van der Waals surface area contributed by atoms with Crippen molar-refractivity contribution in [2.24, 2.45) is 5.73 Å². The van der Waals surface area contributed by atoms with Gasteiger partial charge in [0.1, 0.15) is 5.82 Å². The Morgan fingerprint density at radius 2 is 1.94 bits per heavy atom. The van der Waals surface area contributed by atoms with E-state index in [9.17, 15) is 0 Å². The van der Waals surface area contributed by atoms with Gasteiger partial charge in [0.05, 0.1) is 29.3 Å². The maximum Gasteiger partial charge on any atom is 0.121 e. The number of pyridine rings is 1. The van der Waals surface area contributed by atoms with Crippen LogP contribution in [0.1, 0.15) is 47.1 Å². The maximum absolute atomic E-state index is 6.05. The molecule has 2 aromatic heterocycles. The lowest BCUT2D eigenvalue weighted by molar-refractivity contribution is 0.153. The van der Waals surface area contributed by atoms with Crippen molar-refractivity contribution in [2.45, 2.75) is 44.9 Å². The fraction of sp³-hybridized carbons (Fsp3) is 0.280. The minimum Gasteiger partial charge on any atom is -0.399 e. The third kappa shape index (κ3) is 4.04. The number of imidazole rings is 1. The number of hydrogen-bond donors (Lipinski definition) is 3. The first-order chi connectivity index (χ1) is 15.2. The molecule has 1 unspecified atom stereocenters. The molecule has 2 heterocycles. The molecule has 0 bridgehead atoms. The lowest BCUT2D eigenvalue weighted by Gasteiger charge is -2.35. The Hall–Kier alpha value is -3.22. The molecular formula is C25H28N6. The highest BCUT2D eigenvalue weighted by atomic mass is 15.2. The summed E-state index contributed by atoms with van der Waals surface area (Å²) in [6, 6.07) is 18.7. The van der Waals surface area contributed by atoms with Gasteiger partial charge < -0.3 is 16.5 Å². The number of benzene rings is 2. The second kappa shape index (κ2) is 8.49. The summed E-state index contributed by atoms with van der Waals surface area (Å²) in [6.07, 6.45) is 5.24. The smallest absolute Gasteiger partial charge is 0.121 e. The molecule has 4 aromatic rings. The van der Waals surface area contributed by atoms with E-state index in [-0.39, 0.29) is 6.04 Å². The third-order valence-electron chi connectivity index (χ3n) is 6.22. The van der Waals surface area contributed by atoms with E-state index in [4.69, 9.17) is 21.4 Å². The highest BCUT2D eigenvalue weighted by molar-refractivity contribution is 5.74. The van der Waals surface area contributed by atoms with Crippen molar-refractivity contribution < 1.29 is 0 Å². The highest BCUT2D eigenvalue weighted by Gasteiger charge is 2.28. The van der Waals surface area contributed by atoms with Crippen LogP contribution in [0.3, 0.4) is 0 Å². The van der Waals surface area contributed by atoms with Crippen LogP contribution in [-0.4, -0.2) is 19.9 Å². The molecule has 0 fully saturated rings.